The Balaban J connectivity index is 2.20. The fourth-order valence-electron chi connectivity index (χ4n) is 1.61. The van der Waals surface area contributed by atoms with Gasteiger partial charge < -0.3 is 9.84 Å². The molecule has 0 aliphatic rings. The monoisotopic (exact) mass is 436 g/mol. The van der Waals surface area contributed by atoms with E-state index in [-0.39, 0.29) is 17.2 Å². The van der Waals surface area contributed by atoms with E-state index in [4.69, 9.17) is 21.4 Å². The van der Waals surface area contributed by atoms with Gasteiger partial charge in [0.15, 0.2) is 0 Å². The number of ether oxygens (including phenoxy) is 1. The molecule has 0 amide bonds. The van der Waals surface area contributed by atoms with Gasteiger partial charge in [0, 0.05) is 0 Å². The molecule has 0 radical (unpaired) electrons. The average molecular weight is 438 g/mol. The minimum Gasteiger partial charge on any atom is -0.487 e. The van der Waals surface area contributed by atoms with Crippen molar-refractivity contribution in [3.63, 3.8) is 0 Å². The Morgan fingerprint density at radius 1 is 1.24 bits per heavy atom. The van der Waals surface area contributed by atoms with Crippen molar-refractivity contribution in [1.29, 1.82) is 0 Å². The van der Waals surface area contributed by atoms with Crippen LogP contribution in [-0.2, 0) is 6.61 Å². The summed E-state index contributed by atoms with van der Waals surface area (Å²) >= 11 is 12.2. The number of carboxylic acid groups (broad SMARTS) is 1. The molecule has 3 nitrogen and oxygen atoms in total. The predicted octanol–water partition coefficient (Wildman–Crippen LogP) is 5.28. The zero-order valence-corrected chi connectivity index (χ0v) is 14.3. The molecule has 0 spiro atoms. The molecule has 2 aromatic carbocycles. The van der Waals surface area contributed by atoms with E-state index < -0.39 is 11.8 Å². The van der Waals surface area contributed by atoms with E-state index in [1.54, 1.807) is 6.07 Å². The van der Waals surface area contributed by atoms with E-state index in [9.17, 15) is 9.18 Å². The van der Waals surface area contributed by atoms with Crippen LogP contribution in [0.2, 0.25) is 5.02 Å². The van der Waals surface area contributed by atoms with Gasteiger partial charge in [-0.25, -0.2) is 9.18 Å². The summed E-state index contributed by atoms with van der Waals surface area (Å²) in [6.45, 7) is 0.170. The van der Waals surface area contributed by atoms with Gasteiger partial charge in [-0.05, 0) is 61.7 Å². The average Bonchev–Trinajstić information content (AvgIpc) is 2.41. The lowest BCUT2D eigenvalue weighted by Gasteiger charge is -2.11. The fourth-order valence-corrected chi connectivity index (χ4v) is 3.22. The van der Waals surface area contributed by atoms with E-state index >= 15 is 0 Å². The van der Waals surface area contributed by atoms with Crippen molar-refractivity contribution in [2.24, 2.45) is 0 Å². The molecule has 0 saturated carbocycles. The van der Waals surface area contributed by atoms with Crippen LogP contribution in [0.15, 0.2) is 39.3 Å². The third kappa shape index (κ3) is 3.96. The Bertz CT molecular complexity index is 684. The largest absolute Gasteiger partial charge is 0.487 e. The van der Waals surface area contributed by atoms with E-state index in [0.29, 0.717) is 20.3 Å². The maximum absolute atomic E-state index is 13.1. The number of rotatable bonds is 4. The van der Waals surface area contributed by atoms with E-state index in [0.717, 1.165) is 0 Å². The minimum atomic E-state index is -1.03. The Morgan fingerprint density at radius 3 is 2.38 bits per heavy atom. The van der Waals surface area contributed by atoms with Crippen molar-refractivity contribution >= 4 is 49.4 Å². The summed E-state index contributed by atoms with van der Waals surface area (Å²) in [6, 6.07) is 7.19. The quantitative estimate of drug-likeness (QED) is 0.707. The van der Waals surface area contributed by atoms with Crippen LogP contribution in [-0.4, -0.2) is 11.1 Å². The number of halogens is 4. The lowest BCUT2D eigenvalue weighted by molar-refractivity contribution is 0.0696. The second kappa shape index (κ2) is 6.77. The van der Waals surface area contributed by atoms with Crippen LogP contribution >= 0.6 is 43.5 Å². The standard InChI is InChI=1S/C14H8Br2ClFO3/c15-9-4-8(14(19)20)5-10(16)13(9)21-6-7-1-2-12(18)11(17)3-7/h1-5H,6H2,(H,19,20). The van der Waals surface area contributed by atoms with Crippen LogP contribution in [0.25, 0.3) is 0 Å². The molecule has 0 aromatic heterocycles. The topological polar surface area (TPSA) is 46.5 Å². The van der Waals surface area contributed by atoms with Gasteiger partial charge in [0.2, 0.25) is 0 Å². The van der Waals surface area contributed by atoms with Crippen molar-refractivity contribution in [2.75, 3.05) is 0 Å². The van der Waals surface area contributed by atoms with Crippen LogP contribution in [0.4, 0.5) is 4.39 Å². The SMILES string of the molecule is O=C(O)c1cc(Br)c(OCc2ccc(F)c(Cl)c2)c(Br)c1. The maximum Gasteiger partial charge on any atom is 0.335 e. The zero-order chi connectivity index (χ0) is 15.6. The molecule has 1 N–H and O–H groups in total. The first-order valence-electron chi connectivity index (χ1n) is 5.67. The second-order valence-corrected chi connectivity index (χ2v) is 6.23. The van der Waals surface area contributed by atoms with Gasteiger partial charge in [0.25, 0.3) is 0 Å². The molecular weight excluding hydrogens is 430 g/mol. The molecule has 7 heteroatoms. The Hall–Kier alpha value is -1.11. The first kappa shape index (κ1) is 16.3. The molecule has 0 bridgehead atoms. The first-order valence-corrected chi connectivity index (χ1v) is 7.64. The highest BCUT2D eigenvalue weighted by Crippen LogP contribution is 2.35. The van der Waals surface area contributed by atoms with E-state index in [1.807, 2.05) is 0 Å². The molecule has 0 atom stereocenters. The highest BCUT2D eigenvalue weighted by Gasteiger charge is 2.13. The summed E-state index contributed by atoms with van der Waals surface area (Å²) in [5.41, 5.74) is 0.827. The van der Waals surface area contributed by atoms with Crippen molar-refractivity contribution in [1.82, 2.24) is 0 Å². The molecule has 0 aliphatic carbocycles. The van der Waals surface area contributed by atoms with Crippen LogP contribution in [0.5, 0.6) is 5.75 Å². The molecule has 110 valence electrons. The van der Waals surface area contributed by atoms with Crippen LogP contribution in [0.3, 0.4) is 0 Å². The normalized spacial score (nSPS) is 10.5. The number of hydrogen-bond acceptors (Lipinski definition) is 2. The minimum absolute atomic E-state index is 0.0236. The summed E-state index contributed by atoms with van der Waals surface area (Å²) in [7, 11) is 0. The van der Waals surface area contributed by atoms with Gasteiger partial charge in [0.05, 0.1) is 19.5 Å². The summed E-state index contributed by atoms with van der Waals surface area (Å²) in [5, 5.41) is 8.98. The number of carboxylic acids is 1. The van der Waals surface area contributed by atoms with Crippen molar-refractivity contribution < 1.29 is 19.0 Å². The van der Waals surface area contributed by atoms with Crippen LogP contribution in [0, 0.1) is 5.82 Å². The first-order chi connectivity index (χ1) is 9.88. The third-order valence-electron chi connectivity index (χ3n) is 2.61. The Labute approximate surface area is 141 Å². The van der Waals surface area contributed by atoms with Crippen molar-refractivity contribution in [2.45, 2.75) is 6.61 Å². The fraction of sp³-hybridized carbons (Fsp3) is 0.0714. The molecule has 0 fully saturated rings. The van der Waals surface area contributed by atoms with Gasteiger partial charge in [-0.1, -0.05) is 17.7 Å². The highest BCUT2D eigenvalue weighted by atomic mass is 79.9. The van der Waals surface area contributed by atoms with Crippen molar-refractivity contribution in [3.05, 3.63) is 61.2 Å². The van der Waals surface area contributed by atoms with Crippen LogP contribution < -0.4 is 4.74 Å². The third-order valence-corrected chi connectivity index (χ3v) is 4.08. The summed E-state index contributed by atoms with van der Waals surface area (Å²) < 4.78 is 19.7. The maximum atomic E-state index is 13.1. The van der Waals surface area contributed by atoms with E-state index in [1.165, 1.54) is 24.3 Å². The Morgan fingerprint density at radius 2 is 1.86 bits per heavy atom. The molecule has 2 aromatic rings. The molecule has 0 aliphatic heterocycles. The smallest absolute Gasteiger partial charge is 0.335 e. The molecule has 2 rings (SSSR count). The summed E-state index contributed by atoms with van der Waals surface area (Å²) in [4.78, 5) is 10.9. The summed E-state index contributed by atoms with van der Waals surface area (Å²) in [5.74, 6) is -1.07. The van der Waals surface area contributed by atoms with Gasteiger partial charge >= 0.3 is 5.97 Å². The van der Waals surface area contributed by atoms with Gasteiger partial charge in [-0.15, -0.1) is 0 Å². The van der Waals surface area contributed by atoms with Crippen molar-refractivity contribution in [3.8, 4) is 5.75 Å². The number of hydrogen-bond donors (Lipinski definition) is 1. The molecule has 0 heterocycles. The number of aromatic carboxylic acids is 1. The van der Waals surface area contributed by atoms with Crippen LogP contribution in [0.1, 0.15) is 15.9 Å². The van der Waals surface area contributed by atoms with Gasteiger partial charge in [-0.3, -0.25) is 0 Å². The number of benzene rings is 2. The predicted molar refractivity (Wildman–Crippen MR) is 84.5 cm³/mol. The zero-order valence-electron chi connectivity index (χ0n) is 10.4. The number of carbonyl (C=O) groups is 1. The lowest BCUT2D eigenvalue weighted by Crippen LogP contribution is -2.01. The molecule has 0 unspecified atom stereocenters. The molecule has 0 saturated heterocycles. The van der Waals surface area contributed by atoms with Gasteiger partial charge in [-0.2, -0.15) is 0 Å². The summed E-state index contributed by atoms with van der Waals surface area (Å²) in [6.07, 6.45) is 0. The van der Waals surface area contributed by atoms with Gasteiger partial charge in [0.1, 0.15) is 18.2 Å². The molecule has 21 heavy (non-hydrogen) atoms. The Kier molecular flexibility index (Phi) is 5.24. The van der Waals surface area contributed by atoms with E-state index in [2.05, 4.69) is 31.9 Å². The lowest BCUT2D eigenvalue weighted by atomic mass is 10.2. The second-order valence-electron chi connectivity index (χ2n) is 4.11. The highest BCUT2D eigenvalue weighted by molar-refractivity contribution is 9.11. The molecular formula is C14H8Br2ClFO3.